The Morgan fingerprint density at radius 2 is 0.745 bits per heavy atom. The van der Waals surface area contributed by atoms with Gasteiger partial charge >= 0.3 is 24.0 Å². The molecule has 0 aliphatic heterocycles. The molecule has 0 aliphatic carbocycles. The van der Waals surface area contributed by atoms with E-state index >= 15 is 0 Å². The fourth-order valence-corrected chi connectivity index (χ4v) is 4.63. The quantitative estimate of drug-likeness (QED) is 0.142. The Morgan fingerprint density at radius 3 is 1.00 bits per heavy atom. The van der Waals surface area contributed by atoms with Gasteiger partial charge in [0, 0.05) is 19.6 Å². The van der Waals surface area contributed by atoms with Gasteiger partial charge in [-0.3, -0.25) is 4.90 Å². The van der Waals surface area contributed by atoms with Crippen LogP contribution in [0.2, 0.25) is 0 Å². The monoisotopic (exact) mass is 711 g/mol. The van der Waals surface area contributed by atoms with E-state index < -0.39 is 7.25 Å². The van der Waals surface area contributed by atoms with Crippen molar-refractivity contribution in [2.75, 3.05) is 0 Å². The second-order valence-electron chi connectivity index (χ2n) is 10.3. The smallest absolute Gasteiger partial charge is 1.00 e. The van der Waals surface area contributed by atoms with Crippen LogP contribution in [0.4, 0.5) is 17.3 Å². The summed E-state index contributed by atoms with van der Waals surface area (Å²) in [6.45, 7) is 3.80. The number of hydrogen-bond acceptors (Lipinski definition) is 7. The molecule has 0 fully saturated rings. The average molecular weight is 712 g/mol. The van der Waals surface area contributed by atoms with Crippen LogP contribution in [0, 0.1) is 0 Å². The van der Waals surface area contributed by atoms with Crippen molar-refractivity contribution in [1.29, 1.82) is 0 Å². The maximum absolute atomic E-state index is 9.75. The molecule has 3 heterocycles. The molecular formula is C30H30BClCoF4N10. The molecule has 17 heteroatoms. The maximum Gasteiger partial charge on any atom is 2.00 e. The number of nitrogens with zero attached hydrogens (tertiary/aromatic N) is 10. The summed E-state index contributed by atoms with van der Waals surface area (Å²) in [7, 11) is -6.00. The molecule has 10 nitrogen and oxygen atoms in total. The summed E-state index contributed by atoms with van der Waals surface area (Å²) in [6.07, 6.45) is 6.00. The van der Waals surface area contributed by atoms with Crippen molar-refractivity contribution in [3.05, 3.63) is 143 Å². The molecule has 6 aromatic rings. The van der Waals surface area contributed by atoms with Gasteiger partial charge in [-0.25, -0.2) is 14.0 Å². The molecular weight excluding hydrogens is 682 g/mol. The van der Waals surface area contributed by atoms with Crippen molar-refractivity contribution in [3.63, 3.8) is 0 Å². The van der Waals surface area contributed by atoms with E-state index in [1.807, 2.05) is 87.2 Å². The molecule has 0 saturated heterocycles. The molecule has 0 amide bonds. The van der Waals surface area contributed by atoms with Gasteiger partial charge in [-0.2, -0.15) is 0 Å². The van der Waals surface area contributed by atoms with Crippen molar-refractivity contribution in [2.45, 2.75) is 39.3 Å². The summed E-state index contributed by atoms with van der Waals surface area (Å²) in [4.78, 5) is 2.24. The Hall–Kier alpha value is -4.38. The SMILES string of the molecule is F[B-](F)(F)F.[Cl-].[Co+2].c1ccc(Cn2cc(CN(Cc3cn(Cc4ccccc4)nn3)Cc3cn(Cc4ccccc4)nn3)nn2)cc1. The van der Waals surface area contributed by atoms with E-state index in [0.717, 1.165) is 17.1 Å². The Kier molecular flexibility index (Phi) is 14.3. The Balaban J connectivity index is 0.000000799. The predicted molar refractivity (Wildman–Crippen MR) is 160 cm³/mol. The first-order valence-corrected chi connectivity index (χ1v) is 14.1. The minimum atomic E-state index is -6.00. The van der Waals surface area contributed by atoms with Gasteiger partial charge in [-0.1, -0.05) is 107 Å². The predicted octanol–water partition coefficient (Wildman–Crippen LogP) is 2.11. The number of halogens is 5. The Morgan fingerprint density at radius 1 is 0.489 bits per heavy atom. The minimum absolute atomic E-state index is 0. The van der Waals surface area contributed by atoms with E-state index in [-0.39, 0.29) is 29.2 Å². The van der Waals surface area contributed by atoms with E-state index in [4.69, 9.17) is 0 Å². The first kappa shape index (κ1) is 37.1. The van der Waals surface area contributed by atoms with Crippen molar-refractivity contribution < 1.29 is 46.4 Å². The zero-order valence-corrected chi connectivity index (χ0v) is 26.7. The van der Waals surface area contributed by atoms with E-state index in [1.165, 1.54) is 16.7 Å². The van der Waals surface area contributed by atoms with Crippen molar-refractivity contribution >= 4 is 7.25 Å². The van der Waals surface area contributed by atoms with Crippen LogP contribution in [0.1, 0.15) is 33.8 Å². The van der Waals surface area contributed by atoms with Crippen LogP contribution in [0.3, 0.4) is 0 Å². The van der Waals surface area contributed by atoms with Gasteiger partial charge in [-0.15, -0.1) is 15.3 Å². The molecule has 6 rings (SSSR count). The normalized spacial score (nSPS) is 10.9. The molecule has 47 heavy (non-hydrogen) atoms. The van der Waals surface area contributed by atoms with Gasteiger partial charge in [-0.05, 0) is 16.7 Å². The fourth-order valence-electron chi connectivity index (χ4n) is 4.63. The largest absolute Gasteiger partial charge is 2.00 e. The minimum Gasteiger partial charge on any atom is -1.00 e. The fraction of sp³-hybridized carbons (Fsp3) is 0.200. The van der Waals surface area contributed by atoms with Gasteiger partial charge in [0.05, 0.1) is 55.3 Å². The molecule has 0 saturated carbocycles. The number of aromatic nitrogens is 9. The van der Waals surface area contributed by atoms with Crippen LogP contribution in [0.15, 0.2) is 110 Å². The summed E-state index contributed by atoms with van der Waals surface area (Å²) in [5.41, 5.74) is 6.18. The standard InChI is InChI=1S/C30H30N10.BF4.ClH.Co/c1-4-10-25(11-5-1)16-38-22-28(31-34-38)19-37(20-29-23-39(35-32-29)17-26-12-6-2-7-13-26)21-30-24-40(36-33-30)18-27-14-8-3-9-15-27;2-1(3,4)5;;/h1-15,22-24H,16-21H2;;1H;/q;-1;;+2/p-1. The van der Waals surface area contributed by atoms with Crippen LogP contribution in [-0.4, -0.2) is 57.1 Å². The average Bonchev–Trinajstić information content (AvgIpc) is 3.76. The molecule has 3 aromatic heterocycles. The van der Waals surface area contributed by atoms with Gasteiger partial charge in [0.15, 0.2) is 0 Å². The summed E-state index contributed by atoms with van der Waals surface area (Å²) in [6, 6.07) is 30.8. The van der Waals surface area contributed by atoms with Crippen molar-refractivity contribution in [1.82, 2.24) is 49.9 Å². The van der Waals surface area contributed by atoms with Crippen LogP contribution < -0.4 is 12.4 Å². The molecule has 0 unspecified atom stereocenters. The van der Waals surface area contributed by atoms with E-state index in [9.17, 15) is 17.3 Å². The summed E-state index contributed by atoms with van der Waals surface area (Å²) < 4.78 is 44.6. The maximum atomic E-state index is 9.75. The summed E-state index contributed by atoms with van der Waals surface area (Å²) in [5.74, 6) is 0. The molecule has 1 radical (unpaired) electrons. The van der Waals surface area contributed by atoms with Crippen molar-refractivity contribution in [2.24, 2.45) is 0 Å². The summed E-state index contributed by atoms with van der Waals surface area (Å²) >= 11 is 0. The number of benzene rings is 3. The van der Waals surface area contributed by atoms with Gasteiger partial charge in [0.1, 0.15) is 0 Å². The van der Waals surface area contributed by atoms with Gasteiger partial charge in [0.2, 0.25) is 0 Å². The third-order valence-corrected chi connectivity index (χ3v) is 6.48. The molecule has 0 atom stereocenters. The van der Waals surface area contributed by atoms with Crippen LogP contribution in [0.25, 0.3) is 0 Å². The molecule has 0 bridgehead atoms. The molecule has 0 N–H and O–H groups in total. The van der Waals surface area contributed by atoms with E-state index in [1.54, 1.807) is 0 Å². The first-order chi connectivity index (χ1) is 21.7. The zero-order valence-electron chi connectivity index (χ0n) is 24.9. The first-order valence-electron chi connectivity index (χ1n) is 14.1. The Bertz CT molecular complexity index is 1540. The second-order valence-corrected chi connectivity index (χ2v) is 10.3. The van der Waals surface area contributed by atoms with Crippen molar-refractivity contribution in [3.8, 4) is 0 Å². The third kappa shape index (κ3) is 13.1. The van der Waals surface area contributed by atoms with Crippen LogP contribution in [-0.2, 0) is 56.0 Å². The second kappa shape index (κ2) is 18.1. The molecule has 3 aromatic carbocycles. The number of hydrogen-bond donors (Lipinski definition) is 0. The van der Waals surface area contributed by atoms with E-state index in [2.05, 4.69) is 72.2 Å². The molecule has 0 aliphatic rings. The molecule has 0 spiro atoms. The molecule has 247 valence electrons. The van der Waals surface area contributed by atoms with Crippen LogP contribution in [0.5, 0.6) is 0 Å². The third-order valence-electron chi connectivity index (χ3n) is 6.48. The topological polar surface area (TPSA) is 95.4 Å². The van der Waals surface area contributed by atoms with Gasteiger partial charge in [0.25, 0.3) is 0 Å². The Labute approximate surface area is 285 Å². The summed E-state index contributed by atoms with van der Waals surface area (Å²) in [5, 5.41) is 26.4. The van der Waals surface area contributed by atoms with Gasteiger partial charge < -0.3 is 29.7 Å². The zero-order chi connectivity index (χ0) is 31.5. The van der Waals surface area contributed by atoms with E-state index in [0.29, 0.717) is 39.3 Å². The van der Waals surface area contributed by atoms with Crippen LogP contribution >= 0.6 is 0 Å². The number of rotatable bonds is 12.